The first-order valence-corrected chi connectivity index (χ1v) is 8.66. The number of halogens is 2. The number of amides is 1. The van der Waals surface area contributed by atoms with E-state index in [2.05, 4.69) is 20.8 Å². The lowest BCUT2D eigenvalue weighted by Crippen LogP contribution is -2.16. The normalized spacial score (nSPS) is 10.8. The molecule has 0 saturated heterocycles. The molecule has 0 bridgehead atoms. The van der Waals surface area contributed by atoms with Crippen LogP contribution in [0.2, 0.25) is 0 Å². The number of tetrazole rings is 1. The van der Waals surface area contributed by atoms with Crippen molar-refractivity contribution in [2.45, 2.75) is 19.0 Å². The molecular weight excluding hydrogens is 360 g/mol. The highest BCUT2D eigenvalue weighted by atomic mass is 32.2. The largest absolute Gasteiger partial charge is 0.323 e. The molecule has 1 N–H and O–H groups in total. The number of benzene rings is 2. The van der Waals surface area contributed by atoms with Gasteiger partial charge in [0.1, 0.15) is 11.6 Å². The molecule has 0 saturated carbocycles. The quantitative estimate of drug-likeness (QED) is 0.693. The third kappa shape index (κ3) is 4.05. The fourth-order valence-corrected chi connectivity index (χ4v) is 3.06. The van der Waals surface area contributed by atoms with Crippen molar-refractivity contribution in [3.63, 3.8) is 0 Å². The van der Waals surface area contributed by atoms with Crippen LogP contribution >= 0.6 is 11.8 Å². The summed E-state index contributed by atoms with van der Waals surface area (Å²) in [6, 6.07) is 8.71. The fourth-order valence-electron chi connectivity index (χ4n) is 2.37. The lowest BCUT2D eigenvalue weighted by Gasteiger charge is -2.09. The third-order valence-corrected chi connectivity index (χ3v) is 4.48. The minimum atomic E-state index is -0.704. The van der Waals surface area contributed by atoms with Gasteiger partial charge in [-0.1, -0.05) is 29.5 Å². The summed E-state index contributed by atoms with van der Waals surface area (Å²) in [4.78, 5) is 12.0. The van der Waals surface area contributed by atoms with E-state index in [-0.39, 0.29) is 11.4 Å². The number of carbonyl (C=O) groups excluding carboxylic acids is 1. The Bertz CT molecular complexity index is 960. The molecular formula is C17H15F2N5OS. The molecule has 0 fully saturated rings. The summed E-state index contributed by atoms with van der Waals surface area (Å²) in [7, 11) is 0. The number of aryl methyl sites for hydroxylation is 2. The minimum Gasteiger partial charge on any atom is -0.323 e. The van der Waals surface area contributed by atoms with Crippen LogP contribution < -0.4 is 5.32 Å². The monoisotopic (exact) mass is 375 g/mol. The lowest BCUT2D eigenvalue weighted by atomic mass is 10.1. The zero-order valence-electron chi connectivity index (χ0n) is 14.0. The van der Waals surface area contributed by atoms with Gasteiger partial charge in [-0.05, 0) is 48.0 Å². The lowest BCUT2D eigenvalue weighted by molar-refractivity contribution is -0.113. The van der Waals surface area contributed by atoms with E-state index in [4.69, 9.17) is 0 Å². The summed E-state index contributed by atoms with van der Waals surface area (Å²) in [6.07, 6.45) is 0. The van der Waals surface area contributed by atoms with Crippen LogP contribution in [0.25, 0.3) is 5.69 Å². The van der Waals surface area contributed by atoms with Crippen LogP contribution in [0.5, 0.6) is 0 Å². The number of carbonyl (C=O) groups is 1. The van der Waals surface area contributed by atoms with Crippen molar-refractivity contribution in [2.75, 3.05) is 11.1 Å². The van der Waals surface area contributed by atoms with E-state index in [1.165, 1.54) is 4.68 Å². The van der Waals surface area contributed by atoms with E-state index < -0.39 is 17.5 Å². The average Bonchev–Trinajstić information content (AvgIpc) is 3.04. The molecule has 3 rings (SSSR count). The predicted molar refractivity (Wildman–Crippen MR) is 94.3 cm³/mol. The first-order chi connectivity index (χ1) is 12.4. The van der Waals surface area contributed by atoms with Crippen molar-refractivity contribution in [1.29, 1.82) is 0 Å². The SMILES string of the molecule is Cc1ccc(-n2nnnc2SCC(=O)Nc2cc(F)ccc2F)c(C)c1. The number of nitrogens with one attached hydrogen (secondary N) is 1. The molecule has 1 heterocycles. The molecule has 1 amide bonds. The molecule has 134 valence electrons. The van der Waals surface area contributed by atoms with E-state index in [9.17, 15) is 13.6 Å². The number of thioether (sulfide) groups is 1. The molecule has 1 aromatic heterocycles. The molecule has 0 aliphatic carbocycles. The summed E-state index contributed by atoms with van der Waals surface area (Å²) in [5.41, 5.74) is 2.71. The van der Waals surface area contributed by atoms with Gasteiger partial charge in [0, 0.05) is 6.07 Å². The molecule has 0 aliphatic heterocycles. The van der Waals surface area contributed by atoms with Crippen LogP contribution in [0.4, 0.5) is 14.5 Å². The first kappa shape index (κ1) is 18.0. The van der Waals surface area contributed by atoms with Crippen molar-refractivity contribution >= 4 is 23.4 Å². The molecule has 9 heteroatoms. The highest BCUT2D eigenvalue weighted by Gasteiger charge is 2.14. The van der Waals surface area contributed by atoms with Crippen LogP contribution in [0.3, 0.4) is 0 Å². The number of hydrogen-bond acceptors (Lipinski definition) is 5. The van der Waals surface area contributed by atoms with Crippen molar-refractivity contribution < 1.29 is 13.6 Å². The van der Waals surface area contributed by atoms with Gasteiger partial charge in [-0.25, -0.2) is 8.78 Å². The molecule has 0 spiro atoms. The van der Waals surface area contributed by atoms with Crippen molar-refractivity contribution in [2.24, 2.45) is 0 Å². The molecule has 0 radical (unpaired) electrons. The Kier molecular flexibility index (Phi) is 5.27. The maximum absolute atomic E-state index is 13.6. The zero-order valence-corrected chi connectivity index (χ0v) is 14.8. The minimum absolute atomic E-state index is 0.0543. The van der Waals surface area contributed by atoms with Gasteiger partial charge < -0.3 is 5.32 Å². The molecule has 0 unspecified atom stereocenters. The van der Waals surface area contributed by atoms with Gasteiger partial charge in [-0.3, -0.25) is 4.79 Å². The van der Waals surface area contributed by atoms with E-state index in [0.717, 1.165) is 46.8 Å². The second-order valence-corrected chi connectivity index (χ2v) is 6.57. The number of nitrogens with zero attached hydrogens (tertiary/aromatic N) is 4. The molecule has 3 aromatic rings. The van der Waals surface area contributed by atoms with Gasteiger partial charge in [-0.15, -0.1) is 5.10 Å². The van der Waals surface area contributed by atoms with Gasteiger partial charge in [0.05, 0.1) is 17.1 Å². The van der Waals surface area contributed by atoms with Crippen LogP contribution in [0, 0.1) is 25.5 Å². The van der Waals surface area contributed by atoms with Crippen LogP contribution in [0.1, 0.15) is 11.1 Å². The van der Waals surface area contributed by atoms with Gasteiger partial charge in [-0.2, -0.15) is 4.68 Å². The third-order valence-electron chi connectivity index (χ3n) is 3.56. The predicted octanol–water partition coefficient (Wildman–Crippen LogP) is 3.29. The topological polar surface area (TPSA) is 72.7 Å². The van der Waals surface area contributed by atoms with E-state index in [1.54, 1.807) is 0 Å². The maximum atomic E-state index is 13.6. The van der Waals surface area contributed by atoms with Crippen molar-refractivity contribution in [3.05, 3.63) is 59.2 Å². The Morgan fingerprint density at radius 3 is 2.77 bits per heavy atom. The Morgan fingerprint density at radius 2 is 2.00 bits per heavy atom. The Balaban J connectivity index is 1.70. The molecule has 6 nitrogen and oxygen atoms in total. The smallest absolute Gasteiger partial charge is 0.234 e. The molecule has 26 heavy (non-hydrogen) atoms. The van der Waals surface area contributed by atoms with Gasteiger partial charge in [0.25, 0.3) is 0 Å². The van der Waals surface area contributed by atoms with Crippen molar-refractivity contribution in [3.8, 4) is 5.69 Å². The van der Waals surface area contributed by atoms with Crippen LogP contribution in [-0.4, -0.2) is 31.9 Å². The summed E-state index contributed by atoms with van der Waals surface area (Å²) < 4.78 is 28.3. The van der Waals surface area contributed by atoms with Gasteiger partial charge >= 0.3 is 0 Å². The van der Waals surface area contributed by atoms with Crippen molar-refractivity contribution in [1.82, 2.24) is 20.2 Å². The van der Waals surface area contributed by atoms with Gasteiger partial charge in [0.2, 0.25) is 11.1 Å². The number of rotatable bonds is 5. The van der Waals surface area contributed by atoms with E-state index in [1.807, 2.05) is 32.0 Å². The highest BCUT2D eigenvalue weighted by Crippen LogP contribution is 2.22. The first-order valence-electron chi connectivity index (χ1n) is 7.68. The van der Waals surface area contributed by atoms with E-state index >= 15 is 0 Å². The fraction of sp³-hybridized carbons (Fsp3) is 0.176. The molecule has 0 aliphatic rings. The Labute approximate surface area is 152 Å². The van der Waals surface area contributed by atoms with Crippen LogP contribution in [-0.2, 0) is 4.79 Å². The molecule has 2 aromatic carbocycles. The summed E-state index contributed by atoms with van der Waals surface area (Å²) in [5.74, 6) is -1.88. The standard InChI is InChI=1S/C17H15F2N5OS/c1-10-3-6-15(11(2)7-10)24-17(21-22-23-24)26-9-16(25)20-14-8-12(18)4-5-13(14)19/h3-8H,9H2,1-2H3,(H,20,25). The summed E-state index contributed by atoms with van der Waals surface area (Å²) in [6.45, 7) is 3.93. The highest BCUT2D eigenvalue weighted by molar-refractivity contribution is 7.99. The second kappa shape index (κ2) is 7.61. The zero-order chi connectivity index (χ0) is 18.7. The van der Waals surface area contributed by atoms with E-state index in [0.29, 0.717) is 5.16 Å². The second-order valence-electron chi connectivity index (χ2n) is 5.62. The maximum Gasteiger partial charge on any atom is 0.234 e. The summed E-state index contributed by atoms with van der Waals surface area (Å²) >= 11 is 1.10. The Hall–Kier alpha value is -2.81. The number of hydrogen-bond donors (Lipinski definition) is 1. The van der Waals surface area contributed by atoms with Gasteiger partial charge in [0.15, 0.2) is 0 Å². The molecule has 0 atom stereocenters. The summed E-state index contributed by atoms with van der Waals surface area (Å²) in [5, 5.41) is 14.3. The average molecular weight is 375 g/mol. The Morgan fingerprint density at radius 1 is 1.19 bits per heavy atom. The van der Waals surface area contributed by atoms with Crippen LogP contribution in [0.15, 0.2) is 41.6 Å². The number of anilines is 1. The number of aromatic nitrogens is 4.